The fourth-order valence-corrected chi connectivity index (χ4v) is 2.70. The van der Waals surface area contributed by atoms with E-state index in [0.29, 0.717) is 6.42 Å². The summed E-state index contributed by atoms with van der Waals surface area (Å²) in [6, 6.07) is 8.86. The maximum Gasteiger partial charge on any atom is 0.235 e. The van der Waals surface area contributed by atoms with E-state index in [4.69, 9.17) is 0 Å². The predicted molar refractivity (Wildman–Crippen MR) is 85.0 cm³/mol. The van der Waals surface area contributed by atoms with Gasteiger partial charge in [-0.25, -0.2) is 9.59 Å². The van der Waals surface area contributed by atoms with Crippen molar-refractivity contribution >= 4 is 12.2 Å². The Labute approximate surface area is 129 Å². The lowest BCUT2D eigenvalue weighted by atomic mass is 9.80. The molecule has 2 rings (SSSR count). The van der Waals surface area contributed by atoms with Gasteiger partial charge in [0, 0.05) is 5.92 Å². The van der Waals surface area contributed by atoms with Crippen molar-refractivity contribution in [1.82, 2.24) is 0 Å². The van der Waals surface area contributed by atoms with E-state index in [2.05, 4.69) is 16.6 Å². The van der Waals surface area contributed by atoms with Crippen LogP contribution in [-0.2, 0) is 9.59 Å². The van der Waals surface area contributed by atoms with Crippen molar-refractivity contribution in [3.05, 3.63) is 72.4 Å². The Morgan fingerprint density at radius 2 is 1.91 bits per heavy atom. The second-order valence-corrected chi connectivity index (χ2v) is 4.92. The van der Waals surface area contributed by atoms with E-state index in [1.165, 1.54) is 0 Å². The molecule has 0 bridgehead atoms. The van der Waals surface area contributed by atoms with Gasteiger partial charge < -0.3 is 0 Å². The maximum absolute atomic E-state index is 10.8. The summed E-state index contributed by atoms with van der Waals surface area (Å²) < 4.78 is 0. The summed E-state index contributed by atoms with van der Waals surface area (Å²) in [5.41, 5.74) is 2.02. The summed E-state index contributed by atoms with van der Waals surface area (Å²) in [6.07, 6.45) is 11.1. The standard InChI is InChI=1S/C18H16N2O2/c1-2-7-15(14-8-4-3-5-9-14)16-10-6-11-17(19-12-21)18(16)20-13-22/h2-6,8-11,15,17-18H,1,7H2. The molecule has 0 spiro atoms. The van der Waals surface area contributed by atoms with Crippen LogP contribution in [0.25, 0.3) is 0 Å². The molecule has 0 saturated carbocycles. The molecule has 1 aromatic rings. The molecular weight excluding hydrogens is 276 g/mol. The zero-order chi connectivity index (χ0) is 15.8. The van der Waals surface area contributed by atoms with E-state index in [-0.39, 0.29) is 5.92 Å². The fraction of sp³-hybridized carbons (Fsp3) is 0.222. The molecule has 0 aliphatic heterocycles. The molecule has 0 N–H and O–H groups in total. The number of hydrogen-bond acceptors (Lipinski definition) is 4. The highest BCUT2D eigenvalue weighted by molar-refractivity contribution is 5.45. The van der Waals surface area contributed by atoms with Gasteiger partial charge in [0.05, 0.1) is 0 Å². The number of carbonyl (C=O) groups excluding carboxylic acids is 2. The Balaban J connectivity index is 2.46. The van der Waals surface area contributed by atoms with Gasteiger partial charge >= 0.3 is 0 Å². The Morgan fingerprint density at radius 3 is 2.55 bits per heavy atom. The highest BCUT2D eigenvalue weighted by Gasteiger charge is 2.30. The topological polar surface area (TPSA) is 58.9 Å². The first-order chi connectivity index (χ1) is 10.8. The van der Waals surface area contributed by atoms with Crippen LogP contribution in [0.1, 0.15) is 17.9 Å². The predicted octanol–water partition coefficient (Wildman–Crippen LogP) is 3.25. The highest BCUT2D eigenvalue weighted by atomic mass is 16.1. The average molecular weight is 292 g/mol. The van der Waals surface area contributed by atoms with Crippen molar-refractivity contribution in [2.24, 2.45) is 9.98 Å². The molecular formula is C18H16N2O2. The van der Waals surface area contributed by atoms with Crippen LogP contribution >= 0.6 is 0 Å². The largest absolute Gasteiger partial charge is 0.235 e. The molecule has 0 fully saturated rings. The number of aliphatic imine (C=N–C) groups is 2. The number of nitrogens with zero attached hydrogens (tertiary/aromatic N) is 2. The monoisotopic (exact) mass is 292 g/mol. The lowest BCUT2D eigenvalue weighted by Crippen LogP contribution is -2.28. The van der Waals surface area contributed by atoms with Gasteiger partial charge in [-0.3, -0.25) is 0 Å². The van der Waals surface area contributed by atoms with Gasteiger partial charge in [0.1, 0.15) is 12.1 Å². The molecule has 1 aromatic carbocycles. The van der Waals surface area contributed by atoms with E-state index in [9.17, 15) is 9.59 Å². The molecule has 3 unspecified atom stereocenters. The fourth-order valence-electron chi connectivity index (χ4n) is 2.70. The first kappa shape index (κ1) is 15.6. The first-order valence-electron chi connectivity index (χ1n) is 7.00. The number of isocyanates is 2. The van der Waals surface area contributed by atoms with Crippen LogP contribution in [0.4, 0.5) is 0 Å². The molecule has 22 heavy (non-hydrogen) atoms. The number of benzene rings is 1. The summed E-state index contributed by atoms with van der Waals surface area (Å²) in [4.78, 5) is 29.0. The maximum atomic E-state index is 10.8. The average Bonchev–Trinajstić information content (AvgIpc) is 2.56. The van der Waals surface area contributed by atoms with E-state index in [0.717, 1.165) is 11.1 Å². The van der Waals surface area contributed by atoms with Gasteiger partial charge in [-0.1, -0.05) is 54.6 Å². The third-order valence-electron chi connectivity index (χ3n) is 3.66. The van der Waals surface area contributed by atoms with Crippen molar-refractivity contribution in [2.75, 3.05) is 0 Å². The minimum absolute atomic E-state index is 0.0232. The van der Waals surface area contributed by atoms with Gasteiger partial charge in [0.25, 0.3) is 0 Å². The molecule has 0 aromatic heterocycles. The molecule has 0 amide bonds. The van der Waals surface area contributed by atoms with Gasteiger partial charge in [-0.15, -0.1) is 6.58 Å². The zero-order valence-corrected chi connectivity index (χ0v) is 12.1. The van der Waals surface area contributed by atoms with Crippen molar-refractivity contribution in [2.45, 2.75) is 24.4 Å². The summed E-state index contributed by atoms with van der Waals surface area (Å²) in [5.74, 6) is 0.0232. The van der Waals surface area contributed by atoms with Crippen LogP contribution in [0.15, 0.2) is 76.8 Å². The van der Waals surface area contributed by atoms with Crippen molar-refractivity contribution in [1.29, 1.82) is 0 Å². The second kappa shape index (κ2) is 7.84. The number of hydrogen-bond donors (Lipinski definition) is 0. The van der Waals surface area contributed by atoms with Gasteiger partial charge in [-0.2, -0.15) is 9.98 Å². The summed E-state index contributed by atoms with van der Waals surface area (Å²) in [7, 11) is 0. The molecule has 0 heterocycles. The Kier molecular flexibility index (Phi) is 5.56. The molecule has 1 aliphatic carbocycles. The smallest absolute Gasteiger partial charge is 0.211 e. The SMILES string of the molecule is C=CCC(C1=CC=CC(N=C=O)C1N=C=O)c1ccccc1. The van der Waals surface area contributed by atoms with Crippen LogP contribution in [0.3, 0.4) is 0 Å². The van der Waals surface area contributed by atoms with Gasteiger partial charge in [0.15, 0.2) is 0 Å². The molecule has 110 valence electrons. The van der Waals surface area contributed by atoms with E-state index in [1.807, 2.05) is 48.6 Å². The van der Waals surface area contributed by atoms with Gasteiger partial charge in [0.2, 0.25) is 12.2 Å². The van der Waals surface area contributed by atoms with Crippen LogP contribution in [0.5, 0.6) is 0 Å². The quantitative estimate of drug-likeness (QED) is 0.459. The third kappa shape index (κ3) is 3.44. The van der Waals surface area contributed by atoms with Crippen LogP contribution < -0.4 is 0 Å². The Bertz CT molecular complexity index is 678. The molecule has 0 saturated heterocycles. The lowest BCUT2D eigenvalue weighted by molar-refractivity contribution is 0.541. The van der Waals surface area contributed by atoms with Crippen LogP contribution in [0, 0.1) is 0 Å². The summed E-state index contributed by atoms with van der Waals surface area (Å²) in [6.45, 7) is 3.81. The third-order valence-corrected chi connectivity index (χ3v) is 3.66. The summed E-state index contributed by atoms with van der Waals surface area (Å²) in [5, 5.41) is 0. The Morgan fingerprint density at radius 1 is 1.18 bits per heavy atom. The van der Waals surface area contributed by atoms with Crippen molar-refractivity contribution in [3.63, 3.8) is 0 Å². The molecule has 4 nitrogen and oxygen atoms in total. The Hall–Kier alpha value is -2.80. The molecule has 1 aliphatic rings. The minimum atomic E-state index is -0.533. The normalized spacial score (nSPS) is 21.0. The lowest BCUT2D eigenvalue weighted by Gasteiger charge is -2.28. The minimum Gasteiger partial charge on any atom is -0.211 e. The highest BCUT2D eigenvalue weighted by Crippen LogP contribution is 2.35. The van der Waals surface area contributed by atoms with E-state index in [1.54, 1.807) is 18.2 Å². The number of allylic oxidation sites excluding steroid dienone is 3. The molecule has 0 radical (unpaired) electrons. The summed E-state index contributed by atoms with van der Waals surface area (Å²) >= 11 is 0. The van der Waals surface area contributed by atoms with Crippen molar-refractivity contribution < 1.29 is 9.59 Å². The number of rotatable bonds is 6. The van der Waals surface area contributed by atoms with Crippen LogP contribution in [0.2, 0.25) is 0 Å². The second-order valence-electron chi connectivity index (χ2n) is 4.92. The van der Waals surface area contributed by atoms with Gasteiger partial charge in [-0.05, 0) is 17.6 Å². The van der Waals surface area contributed by atoms with E-state index >= 15 is 0 Å². The van der Waals surface area contributed by atoms with Crippen LogP contribution in [-0.4, -0.2) is 24.2 Å². The zero-order valence-electron chi connectivity index (χ0n) is 12.1. The van der Waals surface area contributed by atoms with Crippen molar-refractivity contribution in [3.8, 4) is 0 Å². The van der Waals surface area contributed by atoms with E-state index < -0.39 is 12.1 Å². The molecule has 4 heteroatoms. The first-order valence-corrected chi connectivity index (χ1v) is 7.00. The molecule has 3 atom stereocenters.